The summed E-state index contributed by atoms with van der Waals surface area (Å²) in [4.78, 5) is 13.7. The van der Waals surface area contributed by atoms with Gasteiger partial charge in [0.1, 0.15) is 5.54 Å². The third-order valence-electron chi connectivity index (χ3n) is 3.84. The van der Waals surface area contributed by atoms with Gasteiger partial charge in [0.25, 0.3) is 0 Å². The molecular weight excluding hydrogens is 228 g/mol. The zero-order chi connectivity index (χ0) is 13.3. The molecule has 18 heavy (non-hydrogen) atoms. The lowest BCUT2D eigenvalue weighted by Gasteiger charge is -2.27. The van der Waals surface area contributed by atoms with Gasteiger partial charge >= 0.3 is 5.97 Å². The number of para-hydroxylation sites is 1. The third kappa shape index (κ3) is 2.20. The molecule has 2 rings (SSSR count). The van der Waals surface area contributed by atoms with Crippen molar-refractivity contribution in [2.45, 2.75) is 31.8 Å². The first-order chi connectivity index (χ1) is 8.44. The van der Waals surface area contributed by atoms with E-state index in [2.05, 4.69) is 17.1 Å². The van der Waals surface area contributed by atoms with Crippen LogP contribution in [0.25, 0.3) is 0 Å². The fourth-order valence-electron chi connectivity index (χ4n) is 2.58. The molecule has 0 saturated carbocycles. The van der Waals surface area contributed by atoms with E-state index >= 15 is 0 Å². The molecule has 0 radical (unpaired) electrons. The minimum absolute atomic E-state index is 0.276. The van der Waals surface area contributed by atoms with Crippen LogP contribution in [0.2, 0.25) is 0 Å². The number of carboxylic acids is 1. The summed E-state index contributed by atoms with van der Waals surface area (Å²) < 4.78 is 0. The number of nitrogens with one attached hydrogen (secondary N) is 1. The maximum absolute atomic E-state index is 11.6. The molecule has 1 aliphatic rings. The van der Waals surface area contributed by atoms with Crippen molar-refractivity contribution in [2.24, 2.45) is 0 Å². The molecule has 1 aliphatic heterocycles. The fourth-order valence-corrected chi connectivity index (χ4v) is 2.58. The first kappa shape index (κ1) is 12.9. The average Bonchev–Trinajstić information content (AvgIpc) is 2.59. The quantitative estimate of drug-likeness (QED) is 0.858. The molecule has 2 atom stereocenters. The number of anilines is 1. The summed E-state index contributed by atoms with van der Waals surface area (Å²) in [5.74, 6) is -0.776. The number of rotatable bonds is 3. The molecule has 0 spiro atoms. The Morgan fingerprint density at radius 1 is 1.50 bits per heavy atom. The Bertz CT molecular complexity index is 449. The van der Waals surface area contributed by atoms with Crippen molar-refractivity contribution in [3.63, 3.8) is 0 Å². The van der Waals surface area contributed by atoms with Gasteiger partial charge in [-0.25, -0.2) is 4.79 Å². The summed E-state index contributed by atoms with van der Waals surface area (Å²) in [6, 6.07) is 8.07. The van der Waals surface area contributed by atoms with Crippen molar-refractivity contribution in [1.29, 1.82) is 0 Å². The smallest absolute Gasteiger partial charge is 0.330 e. The number of carbonyl (C=O) groups is 1. The molecule has 4 heteroatoms. The number of likely N-dealkylation sites (N-methyl/N-ethyl adjacent to an activating group) is 1. The molecule has 1 heterocycles. The molecule has 2 N–H and O–H groups in total. The third-order valence-corrected chi connectivity index (χ3v) is 3.84. The number of nitrogens with zero attached hydrogens (tertiary/aromatic N) is 1. The maximum Gasteiger partial charge on any atom is 0.330 e. The number of likely N-dealkylation sites (tertiary alicyclic amines) is 1. The van der Waals surface area contributed by atoms with Gasteiger partial charge in [-0.3, -0.25) is 0 Å². The molecule has 1 fully saturated rings. The minimum Gasteiger partial charge on any atom is -0.479 e. The van der Waals surface area contributed by atoms with E-state index in [1.54, 1.807) is 0 Å². The highest BCUT2D eigenvalue weighted by Gasteiger charge is 2.47. The summed E-state index contributed by atoms with van der Waals surface area (Å²) in [5.41, 5.74) is 1.10. The highest BCUT2D eigenvalue weighted by molar-refractivity contribution is 5.84. The molecular formula is C14H20N2O2. The van der Waals surface area contributed by atoms with Crippen molar-refractivity contribution in [1.82, 2.24) is 4.90 Å². The summed E-state index contributed by atoms with van der Waals surface area (Å²) >= 11 is 0. The van der Waals surface area contributed by atoms with Gasteiger partial charge in [0.15, 0.2) is 0 Å². The summed E-state index contributed by atoms with van der Waals surface area (Å²) in [7, 11) is 1.97. The van der Waals surface area contributed by atoms with Crippen molar-refractivity contribution in [3.8, 4) is 0 Å². The van der Waals surface area contributed by atoms with Gasteiger partial charge in [-0.2, -0.15) is 0 Å². The van der Waals surface area contributed by atoms with E-state index in [-0.39, 0.29) is 6.04 Å². The van der Waals surface area contributed by atoms with E-state index < -0.39 is 11.5 Å². The van der Waals surface area contributed by atoms with Gasteiger partial charge < -0.3 is 15.3 Å². The Morgan fingerprint density at radius 3 is 2.67 bits per heavy atom. The number of carboxylic acid groups (broad SMARTS) is 1. The topological polar surface area (TPSA) is 52.6 Å². The number of aryl methyl sites for hydroxylation is 1. The lowest BCUT2D eigenvalue weighted by atomic mass is 9.95. The molecule has 98 valence electrons. The lowest BCUT2D eigenvalue weighted by molar-refractivity contribution is -0.141. The minimum atomic E-state index is -0.875. The van der Waals surface area contributed by atoms with Crippen molar-refractivity contribution in [3.05, 3.63) is 29.8 Å². The zero-order valence-electron chi connectivity index (χ0n) is 11.1. The monoisotopic (exact) mass is 248 g/mol. The Balaban J connectivity index is 2.29. The fraction of sp³-hybridized carbons (Fsp3) is 0.500. The van der Waals surface area contributed by atoms with Crippen LogP contribution in [0.1, 0.15) is 18.9 Å². The molecule has 2 unspecified atom stereocenters. The van der Waals surface area contributed by atoms with Gasteiger partial charge in [0, 0.05) is 18.3 Å². The molecule has 1 saturated heterocycles. The molecule has 0 aromatic heterocycles. The van der Waals surface area contributed by atoms with E-state index in [1.807, 2.05) is 38.2 Å². The van der Waals surface area contributed by atoms with E-state index in [4.69, 9.17) is 0 Å². The Morgan fingerprint density at radius 2 is 2.17 bits per heavy atom. The van der Waals surface area contributed by atoms with Crippen LogP contribution >= 0.6 is 0 Å². The van der Waals surface area contributed by atoms with E-state index in [0.717, 1.165) is 11.3 Å². The van der Waals surface area contributed by atoms with Crippen LogP contribution in [0.5, 0.6) is 0 Å². The van der Waals surface area contributed by atoms with Crippen LogP contribution in [0, 0.1) is 6.92 Å². The molecule has 1 aromatic rings. The largest absolute Gasteiger partial charge is 0.479 e. The van der Waals surface area contributed by atoms with Gasteiger partial charge in [-0.15, -0.1) is 0 Å². The molecule has 1 aromatic carbocycles. The maximum atomic E-state index is 11.6. The summed E-state index contributed by atoms with van der Waals surface area (Å²) in [6.45, 7) is 4.57. The first-order valence-corrected chi connectivity index (χ1v) is 6.22. The zero-order valence-corrected chi connectivity index (χ0v) is 11.1. The van der Waals surface area contributed by atoms with Gasteiger partial charge in [0.2, 0.25) is 0 Å². The first-order valence-electron chi connectivity index (χ1n) is 6.22. The Hall–Kier alpha value is -1.55. The van der Waals surface area contributed by atoms with Crippen LogP contribution in [0.15, 0.2) is 24.3 Å². The molecule has 4 nitrogen and oxygen atoms in total. The van der Waals surface area contributed by atoms with E-state index in [0.29, 0.717) is 13.0 Å². The van der Waals surface area contributed by atoms with E-state index in [9.17, 15) is 9.90 Å². The van der Waals surface area contributed by atoms with Crippen LogP contribution in [-0.4, -0.2) is 41.1 Å². The van der Waals surface area contributed by atoms with Crippen LogP contribution in [-0.2, 0) is 4.79 Å². The normalized spacial score (nSPS) is 28.3. The Kier molecular flexibility index (Phi) is 3.30. The highest BCUT2D eigenvalue weighted by atomic mass is 16.4. The standard InChI is InChI=1S/C14H20N2O2/c1-10-6-4-5-7-12(10)15-14(13(17)18)8-11(2)16(3)9-14/h4-7,11,15H,8-9H2,1-3H3,(H,17,18). The second-order valence-corrected chi connectivity index (χ2v) is 5.30. The van der Waals surface area contributed by atoms with Crippen molar-refractivity contribution in [2.75, 3.05) is 18.9 Å². The molecule has 0 bridgehead atoms. The van der Waals surface area contributed by atoms with Crippen LogP contribution < -0.4 is 5.32 Å². The average molecular weight is 248 g/mol. The van der Waals surface area contributed by atoms with Gasteiger partial charge in [-0.05, 0) is 38.9 Å². The summed E-state index contributed by atoms with van der Waals surface area (Å²) in [5, 5.41) is 12.8. The molecule has 0 amide bonds. The van der Waals surface area contributed by atoms with Crippen LogP contribution in [0.3, 0.4) is 0 Å². The second-order valence-electron chi connectivity index (χ2n) is 5.30. The number of hydrogen-bond acceptors (Lipinski definition) is 3. The number of hydrogen-bond donors (Lipinski definition) is 2. The van der Waals surface area contributed by atoms with E-state index in [1.165, 1.54) is 0 Å². The van der Waals surface area contributed by atoms with Crippen LogP contribution in [0.4, 0.5) is 5.69 Å². The molecule has 0 aliphatic carbocycles. The predicted octanol–water partition coefficient (Wildman–Crippen LogP) is 1.95. The Labute approximate surface area is 108 Å². The van der Waals surface area contributed by atoms with Gasteiger partial charge in [-0.1, -0.05) is 18.2 Å². The highest BCUT2D eigenvalue weighted by Crippen LogP contribution is 2.31. The number of aliphatic carboxylic acids is 1. The van der Waals surface area contributed by atoms with Crippen molar-refractivity contribution < 1.29 is 9.90 Å². The van der Waals surface area contributed by atoms with Gasteiger partial charge in [0.05, 0.1) is 0 Å². The number of benzene rings is 1. The lowest BCUT2D eigenvalue weighted by Crippen LogP contribution is -2.48. The van der Waals surface area contributed by atoms with Crippen molar-refractivity contribution >= 4 is 11.7 Å². The SMILES string of the molecule is Cc1ccccc1NC1(C(=O)O)CC(C)N(C)C1. The second kappa shape index (κ2) is 4.61. The summed E-state index contributed by atoms with van der Waals surface area (Å²) in [6.07, 6.45) is 0.618. The predicted molar refractivity (Wildman–Crippen MR) is 71.9 cm³/mol.